The van der Waals surface area contributed by atoms with Gasteiger partial charge in [-0.3, -0.25) is 4.90 Å². The quantitative estimate of drug-likeness (QED) is 0.0780. The van der Waals surface area contributed by atoms with E-state index in [2.05, 4.69) is 19.7 Å². The Balaban J connectivity index is 4.80. The fourth-order valence-electron chi connectivity index (χ4n) is 3.01. The van der Waals surface area contributed by atoms with Crippen molar-refractivity contribution in [3.05, 3.63) is 38.2 Å². The van der Waals surface area contributed by atoms with Gasteiger partial charge in [0.15, 0.2) is 6.79 Å². The van der Waals surface area contributed by atoms with Crippen LogP contribution in [0.5, 0.6) is 0 Å². The molecule has 3 atom stereocenters. The Kier molecular flexibility index (Phi) is 20.4. The van der Waals surface area contributed by atoms with Crippen LogP contribution in [0.2, 0.25) is 0 Å². The van der Waals surface area contributed by atoms with Gasteiger partial charge in [-0.25, -0.2) is 0 Å². The van der Waals surface area contributed by atoms with Crippen LogP contribution in [0, 0.1) is 5.41 Å². The molecule has 0 aromatic rings. The molecule has 0 amide bonds. The van der Waals surface area contributed by atoms with Gasteiger partial charge in [-0.05, 0) is 12.8 Å². The normalized spacial score (nSPS) is 15.1. The molecule has 3 unspecified atom stereocenters. The molecule has 0 spiro atoms. The lowest BCUT2D eigenvalue weighted by molar-refractivity contribution is -0.102. The summed E-state index contributed by atoms with van der Waals surface area (Å²) in [5.41, 5.74) is -0.421. The van der Waals surface area contributed by atoms with Crippen LogP contribution in [0.4, 0.5) is 0 Å². The first-order chi connectivity index (χ1) is 16.0. The average Bonchev–Trinajstić information content (AvgIpc) is 2.81. The van der Waals surface area contributed by atoms with Crippen LogP contribution in [0.3, 0.4) is 0 Å². The summed E-state index contributed by atoms with van der Waals surface area (Å²) in [5, 5.41) is 28.6. The molecular formula is C24H45NO8. The molecule has 3 N–H and O–H groups in total. The minimum atomic E-state index is -0.751. The van der Waals surface area contributed by atoms with E-state index in [0.717, 1.165) is 6.42 Å². The minimum Gasteiger partial charge on any atom is -0.476 e. The van der Waals surface area contributed by atoms with Gasteiger partial charge in [0.25, 0.3) is 0 Å². The summed E-state index contributed by atoms with van der Waals surface area (Å²) in [6.07, 6.45) is 5.35. The van der Waals surface area contributed by atoms with Crippen molar-refractivity contribution in [2.24, 2.45) is 5.41 Å². The topological polar surface area (TPSA) is 110 Å². The van der Waals surface area contributed by atoms with Crippen molar-refractivity contribution in [1.82, 2.24) is 4.90 Å². The van der Waals surface area contributed by atoms with Gasteiger partial charge in [-0.1, -0.05) is 25.7 Å². The Morgan fingerprint density at radius 1 is 0.970 bits per heavy atom. The molecule has 33 heavy (non-hydrogen) atoms. The fraction of sp³-hybridized carbons (Fsp3) is 0.750. The standard InChI is InChI=1S/C24H45NO8/c1-5-9-23(6-2)33-20-24(7-3,18-30-14-15-31-21-29-8-4)19-32-17-22(28)16-25(10-12-26)11-13-27/h5-6,8,22-23,26-28H,1-2,4,7,9-21H2,3H3. The summed E-state index contributed by atoms with van der Waals surface area (Å²) < 4.78 is 28.0. The van der Waals surface area contributed by atoms with Gasteiger partial charge in [-0.15, -0.1) is 13.2 Å². The third-order valence-corrected chi connectivity index (χ3v) is 5.08. The number of hydrogen-bond donors (Lipinski definition) is 3. The van der Waals surface area contributed by atoms with E-state index >= 15 is 0 Å². The third-order valence-electron chi connectivity index (χ3n) is 5.08. The monoisotopic (exact) mass is 475 g/mol. The van der Waals surface area contributed by atoms with Gasteiger partial charge >= 0.3 is 0 Å². The molecule has 0 aliphatic heterocycles. The van der Waals surface area contributed by atoms with E-state index in [4.69, 9.17) is 33.9 Å². The number of aliphatic hydroxyl groups is 3. The van der Waals surface area contributed by atoms with Crippen molar-refractivity contribution in [2.75, 3.05) is 79.3 Å². The molecule has 0 fully saturated rings. The zero-order chi connectivity index (χ0) is 24.8. The highest BCUT2D eigenvalue weighted by molar-refractivity contribution is 4.88. The Morgan fingerprint density at radius 2 is 1.64 bits per heavy atom. The Morgan fingerprint density at radius 3 is 2.21 bits per heavy atom. The van der Waals surface area contributed by atoms with Crippen molar-refractivity contribution in [3.8, 4) is 0 Å². The van der Waals surface area contributed by atoms with E-state index in [1.165, 1.54) is 6.26 Å². The second-order valence-electron chi connectivity index (χ2n) is 7.79. The molecule has 9 nitrogen and oxygen atoms in total. The summed E-state index contributed by atoms with van der Waals surface area (Å²) in [6, 6.07) is 0. The lowest BCUT2D eigenvalue weighted by atomic mass is 9.88. The van der Waals surface area contributed by atoms with Gasteiger partial charge < -0.3 is 39.0 Å². The average molecular weight is 476 g/mol. The SMILES string of the molecule is C=CCC(C=C)OCC(CC)(COCCOCOC=C)COCC(O)CN(CCO)CCO. The second kappa shape index (κ2) is 21.2. The van der Waals surface area contributed by atoms with E-state index in [-0.39, 0.29) is 32.7 Å². The highest BCUT2D eigenvalue weighted by Crippen LogP contribution is 2.25. The molecule has 0 rings (SSSR count). The van der Waals surface area contributed by atoms with Crippen LogP contribution in [-0.2, 0) is 23.7 Å². The van der Waals surface area contributed by atoms with E-state index in [0.29, 0.717) is 59.1 Å². The van der Waals surface area contributed by atoms with Gasteiger partial charge in [0.05, 0.1) is 71.3 Å². The number of aliphatic hydroxyl groups excluding tert-OH is 3. The maximum absolute atomic E-state index is 10.3. The second-order valence-corrected chi connectivity index (χ2v) is 7.79. The van der Waals surface area contributed by atoms with Crippen molar-refractivity contribution >= 4 is 0 Å². The Hall–Kier alpha value is -1.30. The van der Waals surface area contributed by atoms with Gasteiger partial charge in [0, 0.05) is 25.0 Å². The predicted octanol–water partition coefficient (Wildman–Crippen LogP) is 1.35. The molecule has 0 saturated heterocycles. The largest absolute Gasteiger partial charge is 0.476 e. The number of nitrogens with zero attached hydrogens (tertiary/aromatic N) is 1. The molecule has 0 aromatic carbocycles. The van der Waals surface area contributed by atoms with Gasteiger partial charge in [0.2, 0.25) is 0 Å². The molecular weight excluding hydrogens is 430 g/mol. The zero-order valence-corrected chi connectivity index (χ0v) is 20.2. The molecule has 0 heterocycles. The summed E-state index contributed by atoms with van der Waals surface area (Å²) >= 11 is 0. The van der Waals surface area contributed by atoms with E-state index in [1.807, 2.05) is 6.92 Å². The van der Waals surface area contributed by atoms with Crippen LogP contribution in [0.1, 0.15) is 19.8 Å². The first-order valence-corrected chi connectivity index (χ1v) is 11.4. The maximum Gasteiger partial charge on any atom is 0.188 e. The molecule has 0 aromatic heterocycles. The van der Waals surface area contributed by atoms with Crippen molar-refractivity contribution in [2.45, 2.75) is 32.0 Å². The highest BCUT2D eigenvalue weighted by atomic mass is 16.7. The molecule has 0 bridgehead atoms. The first-order valence-electron chi connectivity index (χ1n) is 11.4. The highest BCUT2D eigenvalue weighted by Gasteiger charge is 2.31. The van der Waals surface area contributed by atoms with Gasteiger partial charge in [-0.2, -0.15) is 0 Å². The van der Waals surface area contributed by atoms with E-state index < -0.39 is 11.5 Å². The smallest absolute Gasteiger partial charge is 0.188 e. The van der Waals surface area contributed by atoms with Crippen LogP contribution < -0.4 is 0 Å². The van der Waals surface area contributed by atoms with Crippen LogP contribution >= 0.6 is 0 Å². The van der Waals surface area contributed by atoms with Crippen molar-refractivity contribution in [1.29, 1.82) is 0 Å². The number of rotatable bonds is 25. The fourth-order valence-corrected chi connectivity index (χ4v) is 3.01. The van der Waals surface area contributed by atoms with Crippen molar-refractivity contribution in [3.63, 3.8) is 0 Å². The zero-order valence-electron chi connectivity index (χ0n) is 20.2. The summed E-state index contributed by atoms with van der Waals surface area (Å²) in [5.74, 6) is 0. The number of hydrogen-bond acceptors (Lipinski definition) is 9. The molecule has 0 radical (unpaired) electrons. The van der Waals surface area contributed by atoms with E-state index in [1.54, 1.807) is 17.1 Å². The van der Waals surface area contributed by atoms with Crippen molar-refractivity contribution < 1.29 is 39.0 Å². The lowest BCUT2D eigenvalue weighted by Gasteiger charge is -2.34. The predicted molar refractivity (Wildman–Crippen MR) is 128 cm³/mol. The Bertz CT molecular complexity index is 487. The number of ether oxygens (including phenoxy) is 5. The van der Waals surface area contributed by atoms with Crippen LogP contribution in [0.25, 0.3) is 0 Å². The Labute approximate surface area is 199 Å². The molecule has 194 valence electrons. The third kappa shape index (κ3) is 16.0. The maximum atomic E-state index is 10.3. The minimum absolute atomic E-state index is 0.0419. The first kappa shape index (κ1) is 31.7. The molecule has 0 aliphatic carbocycles. The van der Waals surface area contributed by atoms with Crippen LogP contribution in [-0.4, -0.2) is 112 Å². The molecule has 0 aliphatic rings. The lowest BCUT2D eigenvalue weighted by Crippen LogP contribution is -2.41. The summed E-state index contributed by atoms with van der Waals surface area (Å²) in [7, 11) is 0. The summed E-state index contributed by atoms with van der Waals surface area (Å²) in [6.45, 7) is 16.2. The summed E-state index contributed by atoms with van der Waals surface area (Å²) in [4.78, 5) is 1.79. The molecule has 9 heteroatoms. The van der Waals surface area contributed by atoms with Crippen LogP contribution in [0.15, 0.2) is 38.2 Å². The van der Waals surface area contributed by atoms with Gasteiger partial charge in [0.1, 0.15) is 0 Å². The van der Waals surface area contributed by atoms with E-state index in [9.17, 15) is 5.11 Å². The molecule has 0 saturated carbocycles.